The second-order valence-electron chi connectivity index (χ2n) is 6.44. The normalized spacial score (nSPS) is 15.2. The summed E-state index contributed by atoms with van der Waals surface area (Å²) in [6, 6.07) is 3.31. The first-order valence-electron chi connectivity index (χ1n) is 7.88. The van der Waals surface area contributed by atoms with Crippen LogP contribution in [0.2, 0.25) is 0 Å². The minimum Gasteiger partial charge on any atom is -0.545 e. The molecule has 0 atom stereocenters. The highest BCUT2D eigenvalue weighted by Gasteiger charge is 2.32. The van der Waals surface area contributed by atoms with Crippen LogP contribution in [0.15, 0.2) is 22.8 Å². The number of ether oxygens (including phenoxy) is 1. The molecule has 9 heteroatoms. The lowest BCUT2D eigenvalue weighted by Gasteiger charge is -2.30. The Bertz CT molecular complexity index is 853. The molecule has 3 rings (SSSR count). The molecule has 0 aromatic carbocycles. The Kier molecular flexibility index (Phi) is 4.84. The molecule has 1 aliphatic rings. The van der Waals surface area contributed by atoms with Crippen molar-refractivity contribution in [3.63, 3.8) is 0 Å². The van der Waals surface area contributed by atoms with Crippen molar-refractivity contribution < 1.29 is 28.6 Å². The van der Waals surface area contributed by atoms with Crippen LogP contribution in [0.3, 0.4) is 0 Å². The van der Waals surface area contributed by atoms with Crippen LogP contribution in [0.1, 0.15) is 40.4 Å². The van der Waals surface area contributed by atoms with Gasteiger partial charge in [-0.05, 0) is 31.5 Å². The van der Waals surface area contributed by atoms with Crippen molar-refractivity contribution in [3.05, 3.63) is 40.2 Å². The quantitative estimate of drug-likeness (QED) is 0.761. The van der Waals surface area contributed by atoms with Crippen molar-refractivity contribution in [1.29, 1.82) is 0 Å². The van der Waals surface area contributed by atoms with Crippen molar-refractivity contribution in [1.82, 2.24) is 5.32 Å². The molecule has 0 bridgehead atoms. The van der Waals surface area contributed by atoms with Gasteiger partial charge < -0.3 is 29.7 Å². The molecule has 0 fully saturated rings. The summed E-state index contributed by atoms with van der Waals surface area (Å²) >= 11 is 1.08. The molecule has 0 spiro atoms. The van der Waals surface area contributed by atoms with Gasteiger partial charge in [0.15, 0.2) is 0 Å². The molecule has 26 heavy (non-hydrogen) atoms. The topological polar surface area (TPSA) is 121 Å². The van der Waals surface area contributed by atoms with Gasteiger partial charge in [0.1, 0.15) is 10.8 Å². The minimum absolute atomic E-state index is 0.0512. The van der Waals surface area contributed by atoms with Gasteiger partial charge in [-0.1, -0.05) is 0 Å². The van der Waals surface area contributed by atoms with E-state index < -0.39 is 23.4 Å². The summed E-state index contributed by atoms with van der Waals surface area (Å²) in [5.41, 5.74) is -0.0222. The maximum absolute atomic E-state index is 12.1. The van der Waals surface area contributed by atoms with Crippen molar-refractivity contribution in [2.24, 2.45) is 0 Å². The summed E-state index contributed by atoms with van der Waals surface area (Å²) in [5, 5.41) is 16.4. The third-order valence-corrected chi connectivity index (χ3v) is 5.05. The van der Waals surface area contributed by atoms with Gasteiger partial charge in [0.25, 0.3) is 0 Å². The zero-order valence-electron chi connectivity index (χ0n) is 14.2. The molecular weight excluding hydrogens is 360 g/mol. The first-order chi connectivity index (χ1) is 12.3. The molecule has 1 aliphatic heterocycles. The number of rotatable bonds is 4. The SMILES string of the molecule is CC1(C)Cc2c(sc(NC(=O)C(=O)NCc3ccco3)c2C(=O)[O-])CO1. The van der Waals surface area contributed by atoms with Gasteiger partial charge in [-0.3, -0.25) is 9.59 Å². The summed E-state index contributed by atoms with van der Waals surface area (Å²) < 4.78 is 10.7. The number of thiophene rings is 1. The van der Waals surface area contributed by atoms with Crippen LogP contribution in [0.4, 0.5) is 5.00 Å². The highest BCUT2D eigenvalue weighted by Crippen LogP contribution is 2.40. The lowest BCUT2D eigenvalue weighted by Crippen LogP contribution is -2.36. The molecule has 2 amide bonds. The van der Waals surface area contributed by atoms with E-state index in [9.17, 15) is 19.5 Å². The zero-order valence-corrected chi connectivity index (χ0v) is 15.0. The standard InChI is InChI=1S/C17H18N2O6S/c1-17(2)6-10-11(8-25-17)26-15(12(10)16(22)23)19-14(21)13(20)18-7-9-4-3-5-24-9/h3-5H,6-8H2,1-2H3,(H,18,20)(H,19,21)(H,22,23)/p-1. The number of hydrogen-bond donors (Lipinski definition) is 2. The number of carbonyl (C=O) groups excluding carboxylic acids is 3. The van der Waals surface area contributed by atoms with E-state index >= 15 is 0 Å². The van der Waals surface area contributed by atoms with E-state index in [1.807, 2.05) is 13.8 Å². The summed E-state index contributed by atoms with van der Waals surface area (Å²) in [4.78, 5) is 36.3. The number of amides is 2. The number of fused-ring (bicyclic) bond motifs is 1. The average molecular weight is 377 g/mol. The number of carbonyl (C=O) groups is 3. The van der Waals surface area contributed by atoms with Crippen LogP contribution in [0.5, 0.6) is 0 Å². The Morgan fingerprint density at radius 1 is 1.31 bits per heavy atom. The third-order valence-electron chi connectivity index (χ3n) is 3.93. The van der Waals surface area contributed by atoms with E-state index in [-0.39, 0.29) is 23.7 Å². The predicted octanol–water partition coefficient (Wildman–Crippen LogP) is 0.811. The molecule has 2 aromatic heterocycles. The van der Waals surface area contributed by atoms with Gasteiger partial charge in [-0.15, -0.1) is 11.3 Å². The fourth-order valence-corrected chi connectivity index (χ4v) is 3.79. The van der Waals surface area contributed by atoms with E-state index in [1.165, 1.54) is 6.26 Å². The molecule has 0 saturated carbocycles. The van der Waals surface area contributed by atoms with E-state index in [0.29, 0.717) is 22.6 Å². The van der Waals surface area contributed by atoms with Crippen LogP contribution < -0.4 is 15.7 Å². The second-order valence-corrected chi connectivity index (χ2v) is 7.54. The molecule has 8 nitrogen and oxygen atoms in total. The van der Waals surface area contributed by atoms with E-state index in [1.54, 1.807) is 12.1 Å². The average Bonchev–Trinajstić information content (AvgIpc) is 3.18. The highest BCUT2D eigenvalue weighted by atomic mass is 32.1. The maximum Gasteiger partial charge on any atom is 0.314 e. The van der Waals surface area contributed by atoms with Crippen LogP contribution >= 0.6 is 11.3 Å². The van der Waals surface area contributed by atoms with Crippen LogP contribution in [-0.4, -0.2) is 23.4 Å². The molecule has 3 heterocycles. The third kappa shape index (κ3) is 3.78. The van der Waals surface area contributed by atoms with E-state index in [4.69, 9.17) is 9.15 Å². The zero-order chi connectivity index (χ0) is 18.9. The van der Waals surface area contributed by atoms with Gasteiger partial charge in [-0.2, -0.15) is 0 Å². The largest absolute Gasteiger partial charge is 0.545 e. The smallest absolute Gasteiger partial charge is 0.314 e. The van der Waals surface area contributed by atoms with Gasteiger partial charge in [0.05, 0.1) is 31.0 Å². The van der Waals surface area contributed by atoms with Gasteiger partial charge in [-0.25, -0.2) is 0 Å². The van der Waals surface area contributed by atoms with Crippen molar-refractivity contribution in [3.8, 4) is 0 Å². The molecule has 2 N–H and O–H groups in total. The second kappa shape index (κ2) is 6.93. The molecule has 2 aromatic rings. The Balaban J connectivity index is 1.75. The molecule has 0 unspecified atom stereocenters. The molecule has 138 valence electrons. The fourth-order valence-electron chi connectivity index (χ4n) is 2.68. The predicted molar refractivity (Wildman–Crippen MR) is 90.4 cm³/mol. The minimum atomic E-state index is -1.40. The van der Waals surface area contributed by atoms with Gasteiger partial charge in [0, 0.05) is 16.9 Å². The number of anilines is 1. The van der Waals surface area contributed by atoms with Gasteiger partial charge in [0.2, 0.25) is 0 Å². The molecular formula is C17H17N2O6S-. The Labute approximate surface area is 153 Å². The van der Waals surface area contributed by atoms with Crippen LogP contribution in [0, 0.1) is 0 Å². The van der Waals surface area contributed by atoms with Crippen LogP contribution in [0.25, 0.3) is 0 Å². The number of carboxylic acids is 1. The maximum atomic E-state index is 12.1. The van der Waals surface area contributed by atoms with Crippen molar-refractivity contribution in [2.45, 2.75) is 39.0 Å². The van der Waals surface area contributed by atoms with Gasteiger partial charge >= 0.3 is 11.8 Å². The number of nitrogens with one attached hydrogen (secondary N) is 2. The molecule has 0 aliphatic carbocycles. The summed E-state index contributed by atoms with van der Waals surface area (Å²) in [7, 11) is 0. The first kappa shape index (κ1) is 18.2. The van der Waals surface area contributed by atoms with E-state index in [2.05, 4.69) is 10.6 Å². The highest BCUT2D eigenvalue weighted by molar-refractivity contribution is 7.17. The van der Waals surface area contributed by atoms with Crippen LogP contribution in [-0.2, 0) is 33.9 Å². The Morgan fingerprint density at radius 3 is 2.73 bits per heavy atom. The summed E-state index contributed by atoms with van der Waals surface area (Å²) in [5.74, 6) is -2.76. The summed E-state index contributed by atoms with van der Waals surface area (Å²) in [6.45, 7) is 4.00. The number of aromatic carboxylic acids is 1. The number of furan rings is 1. The monoisotopic (exact) mass is 377 g/mol. The fraction of sp³-hybridized carbons (Fsp3) is 0.353. The molecule has 0 saturated heterocycles. The molecule has 0 radical (unpaired) electrons. The Hall–Kier alpha value is -2.65. The van der Waals surface area contributed by atoms with Crippen molar-refractivity contribution in [2.75, 3.05) is 5.32 Å². The lowest BCUT2D eigenvalue weighted by molar-refractivity contribution is -0.255. The first-order valence-corrected chi connectivity index (χ1v) is 8.70. The lowest BCUT2D eigenvalue weighted by atomic mass is 9.93. The summed E-state index contributed by atoms with van der Waals surface area (Å²) in [6.07, 6.45) is 1.83. The van der Waals surface area contributed by atoms with Crippen molar-refractivity contribution >= 4 is 34.1 Å². The Morgan fingerprint density at radius 2 is 2.08 bits per heavy atom. The van der Waals surface area contributed by atoms with E-state index in [0.717, 1.165) is 11.3 Å². The number of hydrogen-bond acceptors (Lipinski definition) is 7. The number of carboxylic acid groups (broad SMARTS) is 1.